The topological polar surface area (TPSA) is 29.5 Å². The molecule has 1 atom stereocenters. The van der Waals surface area contributed by atoms with Crippen molar-refractivity contribution in [2.24, 2.45) is 0 Å². The van der Waals surface area contributed by atoms with E-state index in [0.29, 0.717) is 6.08 Å². The van der Waals surface area contributed by atoms with E-state index >= 15 is 0 Å². The minimum Gasteiger partial charge on any atom is -0.407 e. The monoisotopic (exact) mass is 390 g/mol. The Morgan fingerprint density at radius 1 is 1.00 bits per heavy atom. The van der Waals surface area contributed by atoms with Crippen LogP contribution in [0.5, 0.6) is 0 Å². The van der Waals surface area contributed by atoms with E-state index < -0.39 is 20.3 Å². The fourth-order valence-electron chi connectivity index (χ4n) is 3.41. The molecule has 2 aromatic rings. The molecule has 27 heavy (non-hydrogen) atoms. The van der Waals surface area contributed by atoms with Crippen LogP contribution in [0.25, 0.3) is 0 Å². The molecule has 2 aromatic carbocycles. The van der Waals surface area contributed by atoms with Crippen LogP contribution in [-0.2, 0) is 4.43 Å². The SMILES string of the molecule is C=CC(F)(F)[C@H](O)CCO[Si](c1ccccc1)(c1ccccc1)C(C)(C)C. The Morgan fingerprint density at radius 2 is 1.44 bits per heavy atom. The lowest BCUT2D eigenvalue weighted by Crippen LogP contribution is -2.66. The molecule has 0 spiro atoms. The van der Waals surface area contributed by atoms with Crippen molar-refractivity contribution in [2.75, 3.05) is 6.61 Å². The largest absolute Gasteiger partial charge is 0.407 e. The van der Waals surface area contributed by atoms with E-state index in [2.05, 4.69) is 27.4 Å². The van der Waals surface area contributed by atoms with Crippen LogP contribution in [0.15, 0.2) is 73.3 Å². The number of aliphatic hydroxyl groups excluding tert-OH is 1. The molecular weight excluding hydrogens is 362 g/mol. The van der Waals surface area contributed by atoms with Gasteiger partial charge >= 0.3 is 0 Å². The molecule has 5 heteroatoms. The lowest BCUT2D eigenvalue weighted by atomic mass is 10.1. The van der Waals surface area contributed by atoms with Crippen molar-refractivity contribution in [3.63, 3.8) is 0 Å². The smallest absolute Gasteiger partial charge is 0.291 e. The van der Waals surface area contributed by atoms with Gasteiger partial charge < -0.3 is 9.53 Å². The average molecular weight is 391 g/mol. The Kier molecular flexibility index (Phi) is 6.73. The summed E-state index contributed by atoms with van der Waals surface area (Å²) >= 11 is 0. The number of hydrogen-bond acceptors (Lipinski definition) is 2. The molecule has 0 aliphatic heterocycles. The highest BCUT2D eigenvalue weighted by Gasteiger charge is 2.50. The normalized spacial score (nSPS) is 14.0. The molecule has 0 aromatic heterocycles. The number of benzene rings is 2. The zero-order valence-corrected chi connectivity index (χ0v) is 17.2. The van der Waals surface area contributed by atoms with Gasteiger partial charge in [0.25, 0.3) is 14.2 Å². The van der Waals surface area contributed by atoms with E-state index in [-0.39, 0.29) is 18.1 Å². The molecule has 1 N–H and O–H groups in total. The molecule has 146 valence electrons. The summed E-state index contributed by atoms with van der Waals surface area (Å²) in [6, 6.07) is 19.9. The second kappa shape index (κ2) is 8.46. The van der Waals surface area contributed by atoms with E-state index in [0.717, 1.165) is 10.4 Å². The third kappa shape index (κ3) is 4.54. The van der Waals surface area contributed by atoms with Gasteiger partial charge in [0.05, 0.1) is 0 Å². The lowest BCUT2D eigenvalue weighted by molar-refractivity contribution is -0.0764. The van der Waals surface area contributed by atoms with Crippen molar-refractivity contribution in [3.05, 3.63) is 73.3 Å². The second-order valence-electron chi connectivity index (χ2n) is 7.69. The summed E-state index contributed by atoms with van der Waals surface area (Å²) in [4.78, 5) is 0. The first-order valence-corrected chi connectivity index (χ1v) is 11.0. The van der Waals surface area contributed by atoms with Crippen LogP contribution in [0, 0.1) is 0 Å². The van der Waals surface area contributed by atoms with Crippen molar-refractivity contribution < 1.29 is 18.3 Å². The lowest BCUT2D eigenvalue weighted by Gasteiger charge is -2.43. The van der Waals surface area contributed by atoms with Crippen LogP contribution in [0.1, 0.15) is 27.2 Å². The summed E-state index contributed by atoms with van der Waals surface area (Å²) in [7, 11) is -2.77. The van der Waals surface area contributed by atoms with Crippen LogP contribution in [0.2, 0.25) is 5.04 Å². The first kappa shape index (κ1) is 21.5. The first-order valence-electron chi connectivity index (χ1n) is 9.09. The maximum atomic E-state index is 13.6. The highest BCUT2D eigenvalue weighted by atomic mass is 28.4. The highest BCUT2D eigenvalue weighted by Crippen LogP contribution is 2.37. The number of aliphatic hydroxyl groups is 1. The van der Waals surface area contributed by atoms with Gasteiger partial charge in [-0.15, -0.1) is 0 Å². The fourth-order valence-corrected chi connectivity index (χ4v) is 7.99. The standard InChI is InChI=1S/C22H28F2O2Si/c1-5-22(23,24)20(25)16-17-26-27(21(2,3)4,18-12-8-6-9-13-18)19-14-10-7-11-15-19/h5-15,20,25H,1,16-17H2,2-4H3/t20-/m1/s1. The Labute approximate surface area is 161 Å². The van der Waals surface area contributed by atoms with E-state index in [1.54, 1.807) is 0 Å². The molecule has 2 rings (SSSR count). The Hall–Kier alpha value is -1.82. The van der Waals surface area contributed by atoms with Gasteiger partial charge in [0.1, 0.15) is 6.10 Å². The predicted octanol–water partition coefficient (Wildman–Crippen LogP) is 4.14. The molecule has 0 aliphatic carbocycles. The molecular formula is C22H28F2O2Si. The van der Waals surface area contributed by atoms with Gasteiger partial charge in [0.2, 0.25) is 0 Å². The molecule has 0 saturated heterocycles. The predicted molar refractivity (Wildman–Crippen MR) is 109 cm³/mol. The van der Waals surface area contributed by atoms with E-state index in [9.17, 15) is 13.9 Å². The van der Waals surface area contributed by atoms with E-state index in [4.69, 9.17) is 4.43 Å². The van der Waals surface area contributed by atoms with Gasteiger partial charge in [-0.1, -0.05) is 88.0 Å². The maximum absolute atomic E-state index is 13.6. The van der Waals surface area contributed by atoms with Gasteiger partial charge in [-0.2, -0.15) is 8.78 Å². The summed E-state index contributed by atoms with van der Waals surface area (Å²) < 4.78 is 33.8. The van der Waals surface area contributed by atoms with Crippen LogP contribution in [-0.4, -0.2) is 32.1 Å². The fraction of sp³-hybridized carbons (Fsp3) is 0.364. The number of hydrogen-bond donors (Lipinski definition) is 1. The van der Waals surface area contributed by atoms with E-state index in [1.165, 1.54) is 0 Å². The van der Waals surface area contributed by atoms with Crippen molar-refractivity contribution >= 4 is 18.7 Å². The molecule has 0 unspecified atom stereocenters. The Balaban J connectivity index is 2.43. The molecule has 2 nitrogen and oxygen atoms in total. The quantitative estimate of drug-likeness (QED) is 0.542. The molecule has 0 radical (unpaired) electrons. The van der Waals surface area contributed by atoms with Gasteiger partial charge in [0.15, 0.2) is 0 Å². The second-order valence-corrected chi connectivity index (χ2v) is 12.0. The number of alkyl halides is 2. The average Bonchev–Trinajstić information content (AvgIpc) is 2.65. The third-order valence-electron chi connectivity index (χ3n) is 4.84. The van der Waals surface area contributed by atoms with Crippen molar-refractivity contribution in [2.45, 2.75) is 44.3 Å². The highest BCUT2D eigenvalue weighted by molar-refractivity contribution is 6.99. The van der Waals surface area contributed by atoms with Gasteiger partial charge in [-0.05, 0) is 21.5 Å². The molecule has 0 aliphatic rings. The summed E-state index contributed by atoms with van der Waals surface area (Å²) in [5, 5.41) is 11.8. The Morgan fingerprint density at radius 3 is 1.81 bits per heavy atom. The van der Waals surface area contributed by atoms with Crippen molar-refractivity contribution in [1.82, 2.24) is 0 Å². The van der Waals surface area contributed by atoms with Crippen LogP contribution < -0.4 is 10.4 Å². The Bertz CT molecular complexity index is 687. The minimum atomic E-state index is -3.32. The third-order valence-corrected chi connectivity index (χ3v) is 9.89. The van der Waals surface area contributed by atoms with Crippen LogP contribution >= 0.6 is 0 Å². The molecule has 0 bridgehead atoms. The van der Waals surface area contributed by atoms with Gasteiger partial charge in [0, 0.05) is 13.0 Å². The summed E-state index contributed by atoms with van der Waals surface area (Å²) in [6.07, 6.45) is -1.49. The number of halogens is 2. The van der Waals surface area contributed by atoms with Gasteiger partial charge in [-0.3, -0.25) is 0 Å². The first-order chi connectivity index (χ1) is 12.6. The summed E-state index contributed by atoms with van der Waals surface area (Å²) in [5.74, 6) is -3.32. The van der Waals surface area contributed by atoms with Crippen molar-refractivity contribution in [3.8, 4) is 0 Å². The van der Waals surface area contributed by atoms with Crippen LogP contribution in [0.3, 0.4) is 0 Å². The molecule has 0 heterocycles. The zero-order valence-electron chi connectivity index (χ0n) is 16.2. The molecule has 0 amide bonds. The van der Waals surface area contributed by atoms with Crippen molar-refractivity contribution in [1.29, 1.82) is 0 Å². The molecule has 0 fully saturated rings. The minimum absolute atomic E-state index is 0.0396. The molecule has 0 saturated carbocycles. The number of rotatable bonds is 8. The summed E-state index contributed by atoms with van der Waals surface area (Å²) in [6.45, 7) is 9.50. The van der Waals surface area contributed by atoms with E-state index in [1.807, 2.05) is 60.7 Å². The summed E-state index contributed by atoms with van der Waals surface area (Å²) in [5.41, 5.74) is 0. The van der Waals surface area contributed by atoms with Crippen LogP contribution in [0.4, 0.5) is 8.78 Å². The zero-order chi connectivity index (χ0) is 20.1. The maximum Gasteiger partial charge on any atom is 0.291 e. The van der Waals surface area contributed by atoms with Gasteiger partial charge in [-0.25, -0.2) is 0 Å².